The third kappa shape index (κ3) is 3.75. The molecule has 1 unspecified atom stereocenters. The number of morpholine rings is 1. The van der Waals surface area contributed by atoms with Crippen molar-refractivity contribution in [3.05, 3.63) is 34.1 Å². The first-order valence-electron chi connectivity index (χ1n) is 6.08. The molecule has 1 fully saturated rings. The second kappa shape index (κ2) is 6.45. The summed E-state index contributed by atoms with van der Waals surface area (Å²) in [5.74, 6) is -0.394. The number of carbonyl (C=O) groups is 1. The molecule has 0 radical (unpaired) electrons. The van der Waals surface area contributed by atoms with E-state index in [1.165, 1.54) is 11.0 Å². The summed E-state index contributed by atoms with van der Waals surface area (Å²) < 4.78 is 19.7. The molecular formula is C13H16BrFN2O2. The Morgan fingerprint density at radius 1 is 1.63 bits per heavy atom. The van der Waals surface area contributed by atoms with Crippen LogP contribution in [0.2, 0.25) is 0 Å². The molecule has 0 aromatic heterocycles. The molecular weight excluding hydrogens is 315 g/mol. The topological polar surface area (TPSA) is 41.6 Å². The van der Waals surface area contributed by atoms with Crippen molar-refractivity contribution in [1.29, 1.82) is 0 Å². The zero-order valence-electron chi connectivity index (χ0n) is 10.7. The van der Waals surface area contributed by atoms with E-state index in [2.05, 4.69) is 21.2 Å². The maximum absolute atomic E-state index is 13.6. The fraction of sp³-hybridized carbons (Fsp3) is 0.462. The van der Waals surface area contributed by atoms with Crippen molar-refractivity contribution >= 4 is 21.8 Å². The van der Waals surface area contributed by atoms with Gasteiger partial charge in [0.2, 0.25) is 5.91 Å². The minimum Gasteiger partial charge on any atom is -0.378 e. The average Bonchev–Trinajstić information content (AvgIpc) is 2.43. The largest absolute Gasteiger partial charge is 0.378 e. The van der Waals surface area contributed by atoms with Gasteiger partial charge in [0.05, 0.1) is 13.2 Å². The summed E-state index contributed by atoms with van der Waals surface area (Å²) in [6.45, 7) is 1.88. The standard InChI is InChI=1S/C13H16BrFN2O2/c1-17(13(18)12-8-19-5-4-16-12)7-9-6-10(14)2-3-11(9)15/h2-3,6,12,16H,4-5,7-8H2,1H3. The van der Waals surface area contributed by atoms with E-state index in [-0.39, 0.29) is 24.3 Å². The van der Waals surface area contributed by atoms with E-state index >= 15 is 0 Å². The van der Waals surface area contributed by atoms with Crippen LogP contribution in [0.25, 0.3) is 0 Å². The molecule has 0 bridgehead atoms. The Morgan fingerprint density at radius 2 is 2.42 bits per heavy atom. The van der Waals surface area contributed by atoms with Gasteiger partial charge < -0.3 is 15.0 Å². The van der Waals surface area contributed by atoms with Gasteiger partial charge in [-0.2, -0.15) is 0 Å². The lowest BCUT2D eigenvalue weighted by atomic mass is 10.2. The number of hydrogen-bond donors (Lipinski definition) is 1. The quantitative estimate of drug-likeness (QED) is 0.914. The summed E-state index contributed by atoms with van der Waals surface area (Å²) >= 11 is 3.30. The SMILES string of the molecule is CN(Cc1cc(Br)ccc1F)C(=O)C1COCCN1. The zero-order chi connectivity index (χ0) is 13.8. The summed E-state index contributed by atoms with van der Waals surface area (Å²) in [7, 11) is 1.67. The fourth-order valence-corrected chi connectivity index (χ4v) is 2.40. The molecule has 1 aromatic carbocycles. The summed E-state index contributed by atoms with van der Waals surface area (Å²) in [6.07, 6.45) is 0. The number of likely N-dealkylation sites (N-methyl/N-ethyl adjacent to an activating group) is 1. The number of nitrogens with zero attached hydrogens (tertiary/aromatic N) is 1. The summed E-state index contributed by atoms with van der Waals surface area (Å²) in [6, 6.07) is 4.37. The summed E-state index contributed by atoms with van der Waals surface area (Å²) in [5, 5.41) is 3.09. The van der Waals surface area contributed by atoms with Gasteiger partial charge >= 0.3 is 0 Å². The van der Waals surface area contributed by atoms with E-state index in [0.717, 1.165) is 4.47 Å². The first-order chi connectivity index (χ1) is 9.08. The molecule has 1 aliphatic rings. The predicted molar refractivity (Wildman–Crippen MR) is 73.2 cm³/mol. The van der Waals surface area contributed by atoms with Gasteiger partial charge in [0, 0.05) is 30.2 Å². The number of halogens is 2. The van der Waals surface area contributed by atoms with Crippen LogP contribution in [0.4, 0.5) is 4.39 Å². The van der Waals surface area contributed by atoms with E-state index in [0.29, 0.717) is 25.3 Å². The van der Waals surface area contributed by atoms with Crippen molar-refractivity contribution in [2.24, 2.45) is 0 Å². The number of ether oxygens (including phenoxy) is 1. The van der Waals surface area contributed by atoms with Crippen LogP contribution in [-0.4, -0.2) is 43.7 Å². The van der Waals surface area contributed by atoms with Gasteiger partial charge in [0.25, 0.3) is 0 Å². The molecule has 2 rings (SSSR count). The Morgan fingerprint density at radius 3 is 3.11 bits per heavy atom. The molecule has 1 amide bonds. The highest BCUT2D eigenvalue weighted by atomic mass is 79.9. The van der Waals surface area contributed by atoms with Gasteiger partial charge in [-0.1, -0.05) is 15.9 Å². The maximum Gasteiger partial charge on any atom is 0.242 e. The number of carbonyl (C=O) groups excluding carboxylic acids is 1. The van der Waals surface area contributed by atoms with Crippen molar-refractivity contribution in [3.8, 4) is 0 Å². The fourth-order valence-electron chi connectivity index (χ4n) is 1.99. The Bertz CT molecular complexity index is 464. The smallest absolute Gasteiger partial charge is 0.242 e. The van der Waals surface area contributed by atoms with Gasteiger partial charge in [-0.3, -0.25) is 4.79 Å². The van der Waals surface area contributed by atoms with Crippen LogP contribution in [0, 0.1) is 5.82 Å². The second-order valence-corrected chi connectivity index (χ2v) is 5.43. The van der Waals surface area contributed by atoms with Crippen molar-refractivity contribution in [1.82, 2.24) is 10.2 Å². The highest BCUT2D eigenvalue weighted by Gasteiger charge is 2.24. The number of benzene rings is 1. The predicted octanol–water partition coefficient (Wildman–Crippen LogP) is 1.53. The highest BCUT2D eigenvalue weighted by molar-refractivity contribution is 9.10. The van der Waals surface area contributed by atoms with Crippen molar-refractivity contribution in [2.45, 2.75) is 12.6 Å². The van der Waals surface area contributed by atoms with E-state index in [4.69, 9.17) is 4.74 Å². The van der Waals surface area contributed by atoms with Crippen LogP contribution in [0.1, 0.15) is 5.56 Å². The molecule has 1 heterocycles. The van der Waals surface area contributed by atoms with Crippen LogP contribution < -0.4 is 5.32 Å². The normalized spacial score (nSPS) is 19.2. The Balaban J connectivity index is 2.01. The van der Waals surface area contributed by atoms with Crippen LogP contribution in [0.5, 0.6) is 0 Å². The second-order valence-electron chi connectivity index (χ2n) is 4.51. The first kappa shape index (κ1) is 14.4. The third-order valence-electron chi connectivity index (χ3n) is 3.01. The van der Waals surface area contributed by atoms with Gasteiger partial charge in [-0.25, -0.2) is 4.39 Å². The molecule has 0 aliphatic carbocycles. The molecule has 0 saturated carbocycles. The average molecular weight is 331 g/mol. The number of nitrogens with one attached hydrogen (secondary N) is 1. The minimum absolute atomic E-state index is 0.0842. The minimum atomic E-state index is -0.339. The third-order valence-corrected chi connectivity index (χ3v) is 3.50. The summed E-state index contributed by atoms with van der Waals surface area (Å²) in [4.78, 5) is 13.7. The van der Waals surface area contributed by atoms with Crippen molar-refractivity contribution in [3.63, 3.8) is 0 Å². The van der Waals surface area contributed by atoms with E-state index in [9.17, 15) is 9.18 Å². The molecule has 1 aliphatic heterocycles. The summed E-state index contributed by atoms with van der Waals surface area (Å²) in [5.41, 5.74) is 0.488. The molecule has 6 heteroatoms. The maximum atomic E-state index is 13.6. The number of amides is 1. The Labute approximate surface area is 120 Å². The van der Waals surface area contributed by atoms with Crippen LogP contribution >= 0.6 is 15.9 Å². The van der Waals surface area contributed by atoms with E-state index in [1.54, 1.807) is 19.2 Å². The molecule has 0 spiro atoms. The highest BCUT2D eigenvalue weighted by Crippen LogP contribution is 2.17. The van der Waals surface area contributed by atoms with E-state index in [1.807, 2.05) is 0 Å². The number of rotatable bonds is 3. The van der Waals surface area contributed by atoms with Crippen LogP contribution in [0.15, 0.2) is 22.7 Å². The van der Waals surface area contributed by atoms with Gasteiger partial charge in [-0.15, -0.1) is 0 Å². The molecule has 19 heavy (non-hydrogen) atoms. The molecule has 1 atom stereocenters. The lowest BCUT2D eigenvalue weighted by molar-refractivity contribution is -0.135. The molecule has 4 nitrogen and oxygen atoms in total. The van der Waals surface area contributed by atoms with Gasteiger partial charge in [-0.05, 0) is 18.2 Å². The van der Waals surface area contributed by atoms with Gasteiger partial charge in [0.15, 0.2) is 0 Å². The molecule has 1 saturated heterocycles. The molecule has 104 valence electrons. The lowest BCUT2D eigenvalue weighted by Gasteiger charge is -2.27. The van der Waals surface area contributed by atoms with Crippen molar-refractivity contribution in [2.75, 3.05) is 26.8 Å². The van der Waals surface area contributed by atoms with Crippen molar-refractivity contribution < 1.29 is 13.9 Å². The molecule has 1 N–H and O–H groups in total. The Hall–Kier alpha value is -0.980. The number of hydrogen-bond acceptors (Lipinski definition) is 3. The lowest BCUT2D eigenvalue weighted by Crippen LogP contribution is -2.51. The van der Waals surface area contributed by atoms with Crippen LogP contribution in [-0.2, 0) is 16.1 Å². The Kier molecular flexibility index (Phi) is 4.90. The van der Waals surface area contributed by atoms with Crippen LogP contribution in [0.3, 0.4) is 0 Å². The molecule has 1 aromatic rings. The monoisotopic (exact) mass is 330 g/mol. The first-order valence-corrected chi connectivity index (χ1v) is 6.87. The zero-order valence-corrected chi connectivity index (χ0v) is 12.2. The van der Waals surface area contributed by atoms with Gasteiger partial charge in [0.1, 0.15) is 11.9 Å². The van der Waals surface area contributed by atoms with E-state index < -0.39 is 0 Å².